The third kappa shape index (κ3) is 11.4. The van der Waals surface area contributed by atoms with E-state index in [-0.39, 0.29) is 12.6 Å². The van der Waals surface area contributed by atoms with Crippen LogP contribution in [-0.4, -0.2) is 31.3 Å². The van der Waals surface area contributed by atoms with Gasteiger partial charge in [-0.25, -0.2) is 9.59 Å². The van der Waals surface area contributed by atoms with E-state index >= 15 is 0 Å². The first-order valence-electron chi connectivity index (χ1n) is 8.75. The van der Waals surface area contributed by atoms with Gasteiger partial charge in [-0.15, -0.1) is 0 Å². The van der Waals surface area contributed by atoms with Crippen molar-refractivity contribution in [1.82, 2.24) is 5.32 Å². The molecule has 0 aliphatic rings. The van der Waals surface area contributed by atoms with Crippen molar-refractivity contribution in [1.29, 1.82) is 0 Å². The first-order chi connectivity index (χ1) is 10.7. The standard InChI is InChI=1S/C17H33NO4/c1-4-7-8-9-10-11-12-14-22-16(19)15(13-5-2)18-17(20)21-6-3/h15H,4-14H2,1-3H3,(H,18,20). The molecule has 130 valence electrons. The Hall–Kier alpha value is -1.26. The van der Waals surface area contributed by atoms with Crippen LogP contribution in [0.5, 0.6) is 0 Å². The smallest absolute Gasteiger partial charge is 0.407 e. The average Bonchev–Trinajstić information content (AvgIpc) is 2.49. The second-order valence-electron chi connectivity index (χ2n) is 5.49. The number of alkyl carbamates (subject to hydrolysis) is 1. The number of ether oxygens (including phenoxy) is 2. The number of carbonyl (C=O) groups excluding carboxylic acids is 2. The van der Waals surface area contributed by atoms with Crippen molar-refractivity contribution in [2.24, 2.45) is 0 Å². The van der Waals surface area contributed by atoms with Gasteiger partial charge in [0.1, 0.15) is 6.04 Å². The van der Waals surface area contributed by atoms with Gasteiger partial charge >= 0.3 is 12.1 Å². The maximum absolute atomic E-state index is 12.0. The van der Waals surface area contributed by atoms with E-state index in [0.29, 0.717) is 13.0 Å². The number of unbranched alkanes of at least 4 members (excludes halogenated alkanes) is 6. The molecule has 0 heterocycles. The van der Waals surface area contributed by atoms with Crippen molar-refractivity contribution >= 4 is 12.1 Å². The van der Waals surface area contributed by atoms with E-state index in [2.05, 4.69) is 12.2 Å². The predicted molar refractivity (Wildman–Crippen MR) is 87.8 cm³/mol. The van der Waals surface area contributed by atoms with Crippen LogP contribution in [0.15, 0.2) is 0 Å². The average molecular weight is 315 g/mol. The molecule has 0 fully saturated rings. The molecule has 1 atom stereocenters. The number of rotatable bonds is 13. The van der Waals surface area contributed by atoms with E-state index in [1.807, 2.05) is 6.92 Å². The molecular weight excluding hydrogens is 282 g/mol. The molecule has 0 spiro atoms. The number of nitrogens with one attached hydrogen (secondary N) is 1. The van der Waals surface area contributed by atoms with Crippen LogP contribution in [0.4, 0.5) is 4.79 Å². The van der Waals surface area contributed by atoms with Crippen molar-refractivity contribution in [2.75, 3.05) is 13.2 Å². The lowest BCUT2D eigenvalue weighted by Gasteiger charge is -2.16. The molecule has 1 unspecified atom stereocenters. The maximum atomic E-state index is 12.0. The summed E-state index contributed by atoms with van der Waals surface area (Å²) in [7, 11) is 0. The van der Waals surface area contributed by atoms with Crippen LogP contribution in [0, 0.1) is 0 Å². The third-order valence-electron chi connectivity index (χ3n) is 3.42. The van der Waals surface area contributed by atoms with Gasteiger partial charge in [-0.1, -0.05) is 58.8 Å². The molecule has 0 aliphatic carbocycles. The summed E-state index contributed by atoms with van der Waals surface area (Å²) in [5.74, 6) is -0.360. The summed E-state index contributed by atoms with van der Waals surface area (Å²) < 4.78 is 10.1. The van der Waals surface area contributed by atoms with Gasteiger partial charge in [0.05, 0.1) is 13.2 Å². The summed E-state index contributed by atoms with van der Waals surface area (Å²) in [5, 5.41) is 2.56. The van der Waals surface area contributed by atoms with Gasteiger partial charge in [0.15, 0.2) is 0 Å². The van der Waals surface area contributed by atoms with Crippen molar-refractivity contribution in [3.05, 3.63) is 0 Å². The largest absolute Gasteiger partial charge is 0.464 e. The van der Waals surface area contributed by atoms with Crippen LogP contribution in [-0.2, 0) is 14.3 Å². The number of amides is 1. The highest BCUT2D eigenvalue weighted by molar-refractivity contribution is 5.81. The van der Waals surface area contributed by atoms with E-state index in [1.165, 1.54) is 32.1 Å². The zero-order valence-corrected chi connectivity index (χ0v) is 14.5. The molecule has 0 aromatic carbocycles. The van der Waals surface area contributed by atoms with E-state index < -0.39 is 12.1 Å². The minimum atomic E-state index is -0.603. The Labute approximate surface area is 135 Å². The minimum absolute atomic E-state index is 0.289. The Morgan fingerprint density at radius 3 is 2.09 bits per heavy atom. The predicted octanol–water partition coefficient (Wildman–Crippen LogP) is 4.20. The third-order valence-corrected chi connectivity index (χ3v) is 3.42. The summed E-state index contributed by atoms with van der Waals surface area (Å²) >= 11 is 0. The van der Waals surface area contributed by atoms with E-state index in [1.54, 1.807) is 6.92 Å². The van der Waals surface area contributed by atoms with Gasteiger partial charge in [-0.2, -0.15) is 0 Å². The molecule has 0 aromatic heterocycles. The highest BCUT2D eigenvalue weighted by Gasteiger charge is 2.21. The first kappa shape index (κ1) is 20.7. The van der Waals surface area contributed by atoms with E-state index in [0.717, 1.165) is 19.3 Å². The van der Waals surface area contributed by atoms with Gasteiger partial charge in [0, 0.05) is 0 Å². The summed E-state index contributed by atoms with van der Waals surface area (Å²) in [4.78, 5) is 23.3. The van der Waals surface area contributed by atoms with Crippen LogP contribution in [0.25, 0.3) is 0 Å². The van der Waals surface area contributed by atoms with Crippen LogP contribution < -0.4 is 5.32 Å². The number of hydrogen-bond donors (Lipinski definition) is 1. The molecule has 0 saturated carbocycles. The quantitative estimate of drug-likeness (QED) is 0.409. The maximum Gasteiger partial charge on any atom is 0.407 e. The highest BCUT2D eigenvalue weighted by Crippen LogP contribution is 2.07. The monoisotopic (exact) mass is 315 g/mol. The molecule has 0 aliphatic heterocycles. The van der Waals surface area contributed by atoms with Crippen LogP contribution in [0.1, 0.15) is 78.6 Å². The fourth-order valence-electron chi connectivity index (χ4n) is 2.19. The van der Waals surface area contributed by atoms with Crippen LogP contribution >= 0.6 is 0 Å². The fourth-order valence-corrected chi connectivity index (χ4v) is 2.19. The molecule has 5 heteroatoms. The molecule has 5 nitrogen and oxygen atoms in total. The molecule has 0 saturated heterocycles. The highest BCUT2D eigenvalue weighted by atomic mass is 16.6. The Balaban J connectivity index is 3.81. The molecule has 0 aromatic rings. The number of hydrogen-bond acceptors (Lipinski definition) is 4. The van der Waals surface area contributed by atoms with Gasteiger partial charge in [-0.3, -0.25) is 0 Å². The Morgan fingerprint density at radius 2 is 1.50 bits per heavy atom. The number of carbonyl (C=O) groups is 2. The summed E-state index contributed by atoms with van der Waals surface area (Å²) in [6.45, 7) is 6.61. The summed E-state index contributed by atoms with van der Waals surface area (Å²) in [5.41, 5.74) is 0. The Bertz CT molecular complexity index is 294. The molecule has 1 amide bonds. The minimum Gasteiger partial charge on any atom is -0.464 e. The van der Waals surface area contributed by atoms with Gasteiger partial charge < -0.3 is 14.8 Å². The second kappa shape index (κ2) is 14.7. The topological polar surface area (TPSA) is 64.6 Å². The first-order valence-corrected chi connectivity index (χ1v) is 8.75. The summed E-state index contributed by atoms with van der Waals surface area (Å²) in [6, 6.07) is -0.603. The van der Waals surface area contributed by atoms with E-state index in [9.17, 15) is 9.59 Å². The normalized spacial score (nSPS) is 11.8. The fraction of sp³-hybridized carbons (Fsp3) is 0.882. The van der Waals surface area contributed by atoms with Crippen molar-refractivity contribution < 1.29 is 19.1 Å². The zero-order valence-electron chi connectivity index (χ0n) is 14.5. The van der Waals surface area contributed by atoms with E-state index in [4.69, 9.17) is 9.47 Å². The molecule has 1 N–H and O–H groups in total. The summed E-state index contributed by atoms with van der Waals surface area (Å²) in [6.07, 6.45) is 9.06. The van der Waals surface area contributed by atoms with Gasteiger partial charge in [0.2, 0.25) is 0 Å². The van der Waals surface area contributed by atoms with Gasteiger partial charge in [-0.05, 0) is 19.8 Å². The van der Waals surface area contributed by atoms with Crippen molar-refractivity contribution in [3.63, 3.8) is 0 Å². The van der Waals surface area contributed by atoms with Crippen molar-refractivity contribution in [2.45, 2.75) is 84.6 Å². The lowest BCUT2D eigenvalue weighted by Crippen LogP contribution is -2.42. The van der Waals surface area contributed by atoms with Gasteiger partial charge in [0.25, 0.3) is 0 Å². The number of esters is 1. The molecular formula is C17H33NO4. The second-order valence-corrected chi connectivity index (χ2v) is 5.49. The molecule has 0 rings (SSSR count). The van der Waals surface area contributed by atoms with Crippen molar-refractivity contribution in [3.8, 4) is 0 Å². The molecule has 0 bridgehead atoms. The molecule has 22 heavy (non-hydrogen) atoms. The Kier molecular flexibility index (Phi) is 13.8. The van der Waals surface area contributed by atoms with Crippen LogP contribution in [0.2, 0.25) is 0 Å². The van der Waals surface area contributed by atoms with Crippen LogP contribution in [0.3, 0.4) is 0 Å². The SMILES string of the molecule is CCCCCCCCCOC(=O)C(CCC)NC(=O)OCC. The zero-order chi connectivity index (χ0) is 16.6. The lowest BCUT2D eigenvalue weighted by atomic mass is 10.1. The molecule has 0 radical (unpaired) electrons. The Morgan fingerprint density at radius 1 is 0.864 bits per heavy atom. The lowest BCUT2D eigenvalue weighted by molar-refractivity contribution is -0.146.